The van der Waals surface area contributed by atoms with Gasteiger partial charge in [0.1, 0.15) is 6.54 Å². The van der Waals surface area contributed by atoms with Crippen molar-refractivity contribution in [3.8, 4) is 0 Å². The predicted octanol–water partition coefficient (Wildman–Crippen LogP) is 2.93. The minimum Gasteiger partial charge on any atom is -0.480 e. The Bertz CT molecular complexity index is 902. The van der Waals surface area contributed by atoms with E-state index in [-0.39, 0.29) is 23.8 Å². The number of nitrogens with one attached hydrogen (secondary N) is 1. The van der Waals surface area contributed by atoms with Crippen molar-refractivity contribution in [2.75, 3.05) is 31.9 Å². The number of piperidine rings is 1. The number of carbonyl (C=O) groups excluding carboxylic acids is 1. The highest BCUT2D eigenvalue weighted by atomic mass is 16.4. The van der Waals surface area contributed by atoms with Crippen LogP contribution in [-0.4, -0.2) is 48.1 Å². The Labute approximate surface area is 184 Å². The molecule has 0 saturated carbocycles. The number of nitrogens with two attached hydrogens (primary N) is 1. The van der Waals surface area contributed by atoms with Crippen LogP contribution in [0.4, 0.5) is 5.69 Å². The first-order valence-corrected chi connectivity index (χ1v) is 10.9. The minimum atomic E-state index is -1.03. The summed E-state index contributed by atoms with van der Waals surface area (Å²) in [5.41, 5.74) is 9.18. The zero-order chi connectivity index (χ0) is 22.4. The van der Waals surface area contributed by atoms with Gasteiger partial charge in [0.05, 0.1) is 5.92 Å². The summed E-state index contributed by atoms with van der Waals surface area (Å²) in [6, 6.07) is 18.0. The van der Waals surface area contributed by atoms with E-state index < -0.39 is 5.97 Å². The monoisotopic (exact) mass is 423 g/mol. The second-order valence-corrected chi connectivity index (χ2v) is 8.95. The fraction of sp³-hybridized carbons (Fsp3) is 0.440. The van der Waals surface area contributed by atoms with Gasteiger partial charge in [-0.25, -0.2) is 0 Å². The summed E-state index contributed by atoms with van der Waals surface area (Å²) >= 11 is 0. The number of carboxylic acids is 1. The molecule has 1 aliphatic rings. The third-order valence-corrected chi connectivity index (χ3v) is 6.70. The Morgan fingerprint density at radius 1 is 1.23 bits per heavy atom. The van der Waals surface area contributed by atoms with Crippen LogP contribution in [0.1, 0.15) is 31.4 Å². The van der Waals surface area contributed by atoms with Crippen LogP contribution in [0.3, 0.4) is 0 Å². The lowest BCUT2D eigenvalue weighted by Crippen LogP contribution is -2.50. The van der Waals surface area contributed by atoms with Crippen molar-refractivity contribution in [2.45, 2.75) is 32.1 Å². The van der Waals surface area contributed by atoms with E-state index in [2.05, 4.69) is 36.2 Å². The molecule has 0 aromatic heterocycles. The average Bonchev–Trinajstić information content (AvgIpc) is 2.75. The highest BCUT2D eigenvalue weighted by molar-refractivity contribution is 5.83. The van der Waals surface area contributed by atoms with Gasteiger partial charge in [-0.05, 0) is 54.0 Å². The third-order valence-electron chi connectivity index (χ3n) is 6.70. The number of anilines is 1. The first kappa shape index (κ1) is 22.8. The van der Waals surface area contributed by atoms with Crippen molar-refractivity contribution < 1.29 is 14.7 Å². The number of nitrogens with zero attached hydrogens (tertiary/aromatic N) is 1. The number of likely N-dealkylation sites (tertiary alicyclic amines) is 1. The topological polar surface area (TPSA) is 95.7 Å². The summed E-state index contributed by atoms with van der Waals surface area (Å²) in [5.74, 6) is -1.15. The van der Waals surface area contributed by atoms with Crippen molar-refractivity contribution in [1.29, 1.82) is 0 Å². The van der Waals surface area contributed by atoms with E-state index in [1.807, 2.05) is 42.5 Å². The summed E-state index contributed by atoms with van der Waals surface area (Å²) in [5, 5.41) is 11.5. The molecule has 0 bridgehead atoms. The molecule has 3 atom stereocenters. The van der Waals surface area contributed by atoms with Gasteiger partial charge in [0, 0.05) is 18.8 Å². The van der Waals surface area contributed by atoms with E-state index in [0.29, 0.717) is 18.9 Å². The lowest BCUT2D eigenvalue weighted by Gasteiger charge is -2.46. The van der Waals surface area contributed by atoms with Gasteiger partial charge in [-0.2, -0.15) is 0 Å². The van der Waals surface area contributed by atoms with Crippen LogP contribution in [0.5, 0.6) is 0 Å². The summed E-state index contributed by atoms with van der Waals surface area (Å²) in [6.07, 6.45) is 1.57. The minimum absolute atomic E-state index is 0.0341. The third kappa shape index (κ3) is 5.85. The summed E-state index contributed by atoms with van der Waals surface area (Å²) < 4.78 is 0. The van der Waals surface area contributed by atoms with E-state index in [4.69, 9.17) is 10.8 Å². The SMILES string of the molecule is C[C@H]1CN(C[C@@H](Cc2ccccc2)C(=O)NCC(=O)O)CC[C@@]1(C)c1cccc(N)c1. The number of carboxylic acid groups (broad SMARTS) is 1. The van der Waals surface area contributed by atoms with Crippen LogP contribution in [0.15, 0.2) is 54.6 Å². The van der Waals surface area contributed by atoms with Crippen molar-refractivity contribution in [3.63, 3.8) is 0 Å². The molecule has 0 aliphatic carbocycles. The second-order valence-electron chi connectivity index (χ2n) is 8.95. The first-order chi connectivity index (χ1) is 14.8. The summed E-state index contributed by atoms with van der Waals surface area (Å²) in [4.78, 5) is 26.0. The van der Waals surface area contributed by atoms with Crippen LogP contribution >= 0.6 is 0 Å². The molecule has 2 aromatic carbocycles. The molecular formula is C25H33N3O3. The van der Waals surface area contributed by atoms with E-state index in [1.54, 1.807) is 0 Å². The average molecular weight is 424 g/mol. The highest BCUT2D eigenvalue weighted by Gasteiger charge is 2.39. The summed E-state index contributed by atoms with van der Waals surface area (Å²) in [6.45, 7) is 6.57. The number of nitrogen functional groups attached to an aromatic ring is 1. The van der Waals surface area contributed by atoms with Gasteiger partial charge in [0.25, 0.3) is 0 Å². The molecule has 0 unspecified atom stereocenters. The molecule has 166 valence electrons. The number of amides is 1. The molecule has 6 nitrogen and oxygen atoms in total. The Morgan fingerprint density at radius 2 is 1.97 bits per heavy atom. The Kier molecular flexibility index (Phi) is 7.33. The molecule has 3 rings (SSSR count). The van der Waals surface area contributed by atoms with Crippen molar-refractivity contribution in [1.82, 2.24) is 10.2 Å². The maximum atomic E-state index is 12.8. The normalized spacial score (nSPS) is 22.6. The van der Waals surface area contributed by atoms with Crippen molar-refractivity contribution in [2.24, 2.45) is 11.8 Å². The maximum absolute atomic E-state index is 12.8. The fourth-order valence-corrected chi connectivity index (χ4v) is 4.56. The van der Waals surface area contributed by atoms with E-state index in [0.717, 1.165) is 30.8 Å². The molecule has 6 heteroatoms. The van der Waals surface area contributed by atoms with Crippen LogP contribution < -0.4 is 11.1 Å². The number of hydrogen-bond donors (Lipinski definition) is 3. The number of carbonyl (C=O) groups is 2. The van der Waals surface area contributed by atoms with Crippen LogP contribution in [0.25, 0.3) is 0 Å². The molecule has 1 amide bonds. The van der Waals surface area contributed by atoms with Gasteiger partial charge in [-0.3, -0.25) is 9.59 Å². The number of aliphatic carboxylic acids is 1. The largest absolute Gasteiger partial charge is 0.480 e. The van der Waals surface area contributed by atoms with Crippen LogP contribution in [0, 0.1) is 11.8 Å². The molecule has 2 aromatic rings. The number of rotatable bonds is 8. The maximum Gasteiger partial charge on any atom is 0.322 e. The Balaban J connectivity index is 1.69. The van der Waals surface area contributed by atoms with Gasteiger partial charge in [-0.1, -0.05) is 56.3 Å². The Morgan fingerprint density at radius 3 is 2.61 bits per heavy atom. The second kappa shape index (κ2) is 9.96. The van der Waals surface area contributed by atoms with Gasteiger partial charge < -0.3 is 21.1 Å². The lowest BCUT2D eigenvalue weighted by molar-refractivity contribution is -0.138. The zero-order valence-electron chi connectivity index (χ0n) is 18.4. The van der Waals surface area contributed by atoms with Crippen LogP contribution in [0.2, 0.25) is 0 Å². The van der Waals surface area contributed by atoms with Crippen molar-refractivity contribution >= 4 is 17.6 Å². The molecule has 1 saturated heterocycles. The quantitative estimate of drug-likeness (QED) is 0.568. The molecule has 1 heterocycles. The van der Waals surface area contributed by atoms with Gasteiger partial charge >= 0.3 is 5.97 Å². The molecular weight excluding hydrogens is 390 g/mol. The van der Waals surface area contributed by atoms with Gasteiger partial charge in [-0.15, -0.1) is 0 Å². The standard InChI is InChI=1S/C25H33N3O3/c1-18-16-28(12-11-25(18,2)21-9-6-10-22(26)14-21)17-20(24(31)27-15-23(29)30)13-19-7-4-3-5-8-19/h3-10,14,18,20H,11-13,15-17,26H2,1-2H3,(H,27,31)(H,29,30)/t18-,20+,25+/m0/s1. The smallest absolute Gasteiger partial charge is 0.322 e. The molecule has 1 fully saturated rings. The van der Waals surface area contributed by atoms with E-state index in [1.165, 1.54) is 5.56 Å². The lowest BCUT2D eigenvalue weighted by atomic mass is 9.68. The van der Waals surface area contributed by atoms with E-state index in [9.17, 15) is 9.59 Å². The fourth-order valence-electron chi connectivity index (χ4n) is 4.56. The first-order valence-electron chi connectivity index (χ1n) is 10.9. The molecule has 31 heavy (non-hydrogen) atoms. The molecule has 1 aliphatic heterocycles. The number of benzene rings is 2. The summed E-state index contributed by atoms with van der Waals surface area (Å²) in [7, 11) is 0. The van der Waals surface area contributed by atoms with Crippen LogP contribution in [-0.2, 0) is 21.4 Å². The number of hydrogen-bond acceptors (Lipinski definition) is 4. The predicted molar refractivity (Wildman–Crippen MR) is 123 cm³/mol. The van der Waals surface area contributed by atoms with Gasteiger partial charge in [0.15, 0.2) is 0 Å². The zero-order valence-corrected chi connectivity index (χ0v) is 18.4. The van der Waals surface area contributed by atoms with E-state index >= 15 is 0 Å². The Hall–Kier alpha value is -2.86. The molecule has 0 spiro atoms. The van der Waals surface area contributed by atoms with Crippen molar-refractivity contribution in [3.05, 3.63) is 65.7 Å². The molecule has 0 radical (unpaired) electrons. The highest BCUT2D eigenvalue weighted by Crippen LogP contribution is 2.40. The molecule has 4 N–H and O–H groups in total. The van der Waals surface area contributed by atoms with Gasteiger partial charge in [0.2, 0.25) is 5.91 Å².